The molecule has 1 aromatic heterocycles. The summed E-state index contributed by atoms with van der Waals surface area (Å²) in [5.41, 5.74) is 0.573. The molecule has 5 rings (SSSR count). The van der Waals surface area contributed by atoms with E-state index in [1.807, 2.05) is 33.8 Å². The molecule has 0 radical (unpaired) electrons. The molecule has 0 N–H and O–H groups in total. The maximum atomic E-state index is 13.3. The molecule has 4 heterocycles. The van der Waals surface area contributed by atoms with Crippen molar-refractivity contribution in [2.24, 2.45) is 5.41 Å². The van der Waals surface area contributed by atoms with E-state index in [1.165, 1.54) is 0 Å². The van der Waals surface area contributed by atoms with Gasteiger partial charge in [-0.05, 0) is 100 Å². The normalized spacial score (nSPS) is 21.2. The van der Waals surface area contributed by atoms with Crippen molar-refractivity contribution in [1.29, 1.82) is 0 Å². The molecule has 3 fully saturated rings. The number of benzene rings is 1. The molecule has 9 nitrogen and oxygen atoms in total. The molecule has 0 aliphatic carbocycles. The molecule has 1 unspecified atom stereocenters. The van der Waals surface area contributed by atoms with Gasteiger partial charge in [0.1, 0.15) is 23.0 Å². The average molecular weight is 687 g/mol. The van der Waals surface area contributed by atoms with Crippen molar-refractivity contribution in [1.82, 2.24) is 19.8 Å². The van der Waals surface area contributed by atoms with Gasteiger partial charge in [-0.3, -0.25) is 0 Å². The zero-order chi connectivity index (χ0) is 31.9. The minimum atomic E-state index is -4.51. The van der Waals surface area contributed by atoms with Crippen LogP contribution in [0.4, 0.5) is 23.8 Å². The number of nitrogens with zero attached hydrogens (tertiary/aromatic N) is 5. The third-order valence-corrected chi connectivity index (χ3v) is 9.55. The summed E-state index contributed by atoms with van der Waals surface area (Å²) in [6.45, 7) is 10.6. The molecule has 1 aromatic carbocycles. The summed E-state index contributed by atoms with van der Waals surface area (Å²) in [4.78, 5) is 28.3. The molecule has 13 heteroatoms. The Morgan fingerprint density at radius 1 is 1.09 bits per heavy atom. The molecule has 1 amide bonds. The van der Waals surface area contributed by atoms with Gasteiger partial charge < -0.3 is 28.9 Å². The Balaban J connectivity index is 1.44. The van der Waals surface area contributed by atoms with Crippen LogP contribution in [0.2, 0.25) is 0 Å². The van der Waals surface area contributed by atoms with E-state index in [4.69, 9.17) is 19.2 Å². The zero-order valence-electron chi connectivity index (χ0n) is 26.2. The van der Waals surface area contributed by atoms with Crippen molar-refractivity contribution < 1.29 is 32.2 Å². The summed E-state index contributed by atoms with van der Waals surface area (Å²) < 4.78 is 57.7. The van der Waals surface area contributed by atoms with Crippen LogP contribution in [0.5, 0.6) is 11.8 Å². The van der Waals surface area contributed by atoms with Gasteiger partial charge in [0.25, 0.3) is 0 Å². The maximum Gasteiger partial charge on any atom is 0.422 e. The molecule has 1 spiro atoms. The smallest absolute Gasteiger partial charge is 0.422 e. The van der Waals surface area contributed by atoms with E-state index >= 15 is 0 Å². The highest BCUT2D eigenvalue weighted by atomic mass is 79.9. The summed E-state index contributed by atoms with van der Waals surface area (Å²) in [7, 11) is 2.08. The first kappa shape index (κ1) is 32.8. The highest BCUT2D eigenvalue weighted by Gasteiger charge is 2.48. The number of hydrogen-bond acceptors (Lipinski definition) is 8. The molecule has 244 valence electrons. The van der Waals surface area contributed by atoms with Crippen LogP contribution >= 0.6 is 15.9 Å². The van der Waals surface area contributed by atoms with Crippen molar-refractivity contribution in [2.75, 3.05) is 57.8 Å². The summed E-state index contributed by atoms with van der Waals surface area (Å²) in [6, 6.07) is 2.09. The number of hydrogen-bond donors (Lipinski definition) is 0. The van der Waals surface area contributed by atoms with Crippen LogP contribution in [-0.2, 0) is 11.2 Å². The van der Waals surface area contributed by atoms with Crippen molar-refractivity contribution in [3.05, 3.63) is 16.1 Å². The summed E-state index contributed by atoms with van der Waals surface area (Å²) in [5.74, 6) is 0.680. The number of alkyl halides is 3. The van der Waals surface area contributed by atoms with E-state index < -0.39 is 18.4 Å². The molecular weight excluding hydrogens is 643 g/mol. The fourth-order valence-electron chi connectivity index (χ4n) is 6.27. The number of piperidine rings is 1. The van der Waals surface area contributed by atoms with Crippen molar-refractivity contribution in [3.63, 3.8) is 0 Å². The molecule has 0 bridgehead atoms. The number of fused-ring (bicyclic) bond motifs is 1. The summed E-state index contributed by atoms with van der Waals surface area (Å²) >= 11 is 3.50. The van der Waals surface area contributed by atoms with E-state index in [-0.39, 0.29) is 29.4 Å². The monoisotopic (exact) mass is 685 g/mol. The van der Waals surface area contributed by atoms with Crippen molar-refractivity contribution in [3.8, 4) is 11.8 Å². The number of ether oxygens (including phenoxy) is 3. The number of halogens is 4. The number of carbonyl (C=O) groups excluding carboxylic acids is 1. The fourth-order valence-corrected chi connectivity index (χ4v) is 6.97. The number of rotatable bonds is 6. The summed E-state index contributed by atoms with van der Waals surface area (Å²) in [6.07, 6.45) is 0.00407. The second-order valence-corrected chi connectivity index (χ2v) is 14.3. The molecule has 0 saturated carbocycles. The predicted octanol–water partition coefficient (Wildman–Crippen LogP) is 6.60. The van der Waals surface area contributed by atoms with Gasteiger partial charge in [-0.25, -0.2) is 4.79 Å². The van der Waals surface area contributed by atoms with Crippen LogP contribution < -0.4 is 14.4 Å². The number of aromatic nitrogens is 2. The minimum absolute atomic E-state index is 0.0144. The van der Waals surface area contributed by atoms with E-state index in [0.717, 1.165) is 50.8 Å². The van der Waals surface area contributed by atoms with Gasteiger partial charge in [0.15, 0.2) is 12.4 Å². The Bertz CT molecular complexity index is 1350. The molecule has 3 aliphatic rings. The van der Waals surface area contributed by atoms with Crippen LogP contribution in [0.3, 0.4) is 0 Å². The van der Waals surface area contributed by atoms with Gasteiger partial charge >= 0.3 is 18.3 Å². The van der Waals surface area contributed by atoms with Gasteiger partial charge in [-0.2, -0.15) is 23.1 Å². The Kier molecular flexibility index (Phi) is 9.47. The van der Waals surface area contributed by atoms with Gasteiger partial charge in [-0.15, -0.1) is 0 Å². The lowest BCUT2D eigenvalue weighted by molar-refractivity contribution is -0.153. The SMILES string of the molecule is CCc1cc2c(N3CCC4(CC3)CN(C(=O)OC(C)(C)C)C4)nc(OC3CCCN(C)CC3)nc2c(OCC(F)(F)F)c1Br. The molecular formula is C31H43BrF3N5O4. The largest absolute Gasteiger partial charge is 0.481 e. The van der Waals surface area contributed by atoms with E-state index in [2.05, 4.69) is 37.8 Å². The topological polar surface area (TPSA) is 80.3 Å². The Hall–Kier alpha value is -2.54. The lowest BCUT2D eigenvalue weighted by Crippen LogP contribution is -2.62. The first-order valence-corrected chi connectivity index (χ1v) is 16.3. The number of likely N-dealkylation sites (tertiary alicyclic amines) is 2. The summed E-state index contributed by atoms with van der Waals surface area (Å²) in [5, 5.41) is 0.634. The highest BCUT2D eigenvalue weighted by molar-refractivity contribution is 9.10. The molecule has 3 aliphatic heterocycles. The minimum Gasteiger partial charge on any atom is -0.481 e. The number of carbonyl (C=O) groups is 1. The lowest BCUT2D eigenvalue weighted by Gasteiger charge is -2.53. The highest BCUT2D eigenvalue weighted by Crippen LogP contribution is 2.45. The van der Waals surface area contributed by atoms with E-state index in [9.17, 15) is 18.0 Å². The molecule has 44 heavy (non-hydrogen) atoms. The van der Waals surface area contributed by atoms with Crippen LogP contribution in [0, 0.1) is 5.41 Å². The second-order valence-electron chi connectivity index (χ2n) is 13.5. The number of anilines is 1. The first-order chi connectivity index (χ1) is 20.7. The van der Waals surface area contributed by atoms with E-state index in [0.29, 0.717) is 53.8 Å². The van der Waals surface area contributed by atoms with Crippen molar-refractivity contribution in [2.45, 2.75) is 84.1 Å². The molecule has 3 saturated heterocycles. The van der Waals surface area contributed by atoms with Gasteiger partial charge in [0, 0.05) is 43.5 Å². The fraction of sp³-hybridized carbons (Fsp3) is 0.710. The van der Waals surface area contributed by atoms with E-state index in [1.54, 1.807) is 4.90 Å². The predicted molar refractivity (Wildman–Crippen MR) is 166 cm³/mol. The van der Waals surface area contributed by atoms with Crippen LogP contribution in [0.1, 0.15) is 65.4 Å². The van der Waals surface area contributed by atoms with Gasteiger partial charge in [0.2, 0.25) is 0 Å². The first-order valence-electron chi connectivity index (χ1n) is 15.5. The van der Waals surface area contributed by atoms with Crippen molar-refractivity contribution >= 4 is 38.7 Å². The molecule has 2 aromatic rings. The average Bonchev–Trinajstić information content (AvgIpc) is 3.12. The number of amides is 1. The standard InChI is InChI=1S/C31H43BrF3N5O4/c1-6-20-16-22-24(25(23(20)32)42-19-31(33,34)35)36-27(43-21-8-7-12-38(5)13-9-21)37-26(22)39-14-10-30(11-15-39)17-40(18-30)28(41)44-29(2,3)4/h16,21H,6-15,17-19H2,1-5H3. The third kappa shape index (κ3) is 7.63. The van der Waals surface area contributed by atoms with Gasteiger partial charge in [0.05, 0.1) is 4.47 Å². The Morgan fingerprint density at radius 2 is 1.80 bits per heavy atom. The zero-order valence-corrected chi connectivity index (χ0v) is 27.8. The Morgan fingerprint density at radius 3 is 2.43 bits per heavy atom. The second kappa shape index (κ2) is 12.7. The quantitative estimate of drug-likeness (QED) is 0.337. The molecule has 1 atom stereocenters. The van der Waals surface area contributed by atoms with Gasteiger partial charge in [-0.1, -0.05) is 6.92 Å². The van der Waals surface area contributed by atoms with Crippen LogP contribution in [0.15, 0.2) is 10.5 Å². The van der Waals surface area contributed by atoms with Crippen LogP contribution in [0.25, 0.3) is 10.9 Å². The number of aryl methyl sites for hydroxylation is 1. The van der Waals surface area contributed by atoms with Crippen LogP contribution in [-0.4, -0.2) is 96.7 Å². The Labute approximate surface area is 265 Å². The third-order valence-electron chi connectivity index (χ3n) is 8.68. The maximum absolute atomic E-state index is 13.3. The lowest BCUT2D eigenvalue weighted by atomic mass is 9.72.